The molecule has 1 aliphatic rings. The van der Waals surface area contributed by atoms with E-state index < -0.39 is 5.60 Å². The van der Waals surface area contributed by atoms with Crippen molar-refractivity contribution < 1.29 is 9.50 Å². The molecular formula is C16H23FO. The molecule has 2 unspecified atom stereocenters. The lowest BCUT2D eigenvalue weighted by molar-refractivity contribution is -0.0637. The second-order valence-corrected chi connectivity index (χ2v) is 6.85. The number of aliphatic hydroxyl groups is 1. The van der Waals surface area contributed by atoms with Gasteiger partial charge >= 0.3 is 0 Å². The largest absolute Gasteiger partial charge is 0.385 e. The zero-order valence-corrected chi connectivity index (χ0v) is 11.8. The van der Waals surface area contributed by atoms with Gasteiger partial charge in [0.2, 0.25) is 0 Å². The highest BCUT2D eigenvalue weighted by atomic mass is 19.1. The van der Waals surface area contributed by atoms with Crippen LogP contribution in [0.2, 0.25) is 0 Å². The molecule has 2 rings (SSSR count). The van der Waals surface area contributed by atoms with Gasteiger partial charge in [0.25, 0.3) is 0 Å². The lowest BCUT2D eigenvalue weighted by atomic mass is 9.64. The Morgan fingerprint density at radius 1 is 1.28 bits per heavy atom. The van der Waals surface area contributed by atoms with E-state index in [1.54, 1.807) is 13.0 Å². The normalized spacial score (nSPS) is 31.3. The molecule has 1 aromatic carbocycles. The quantitative estimate of drug-likeness (QED) is 0.793. The summed E-state index contributed by atoms with van der Waals surface area (Å²) in [6.45, 7) is 8.27. The predicted molar refractivity (Wildman–Crippen MR) is 71.8 cm³/mol. The Balaban J connectivity index is 2.37. The van der Waals surface area contributed by atoms with Crippen LogP contribution in [-0.2, 0) is 5.60 Å². The summed E-state index contributed by atoms with van der Waals surface area (Å²) in [6.07, 6.45) is 2.54. The van der Waals surface area contributed by atoms with Gasteiger partial charge in [0.1, 0.15) is 5.82 Å². The molecule has 2 atom stereocenters. The first-order valence-corrected chi connectivity index (χ1v) is 6.71. The molecule has 1 saturated carbocycles. The lowest BCUT2D eigenvalue weighted by Gasteiger charge is -2.45. The summed E-state index contributed by atoms with van der Waals surface area (Å²) in [4.78, 5) is 0. The molecule has 0 aromatic heterocycles. The molecule has 1 aliphatic carbocycles. The number of benzene rings is 1. The molecule has 0 heterocycles. The first-order chi connectivity index (χ1) is 8.22. The highest BCUT2D eigenvalue weighted by Crippen LogP contribution is 2.48. The SMILES string of the molecule is Cc1ccc(C2(O)CC(C)CC(C)(C)C2)cc1F. The van der Waals surface area contributed by atoms with E-state index in [-0.39, 0.29) is 11.2 Å². The Labute approximate surface area is 109 Å². The Hall–Kier alpha value is -0.890. The number of rotatable bonds is 1. The van der Waals surface area contributed by atoms with Gasteiger partial charge in [0.05, 0.1) is 5.60 Å². The van der Waals surface area contributed by atoms with Crippen molar-refractivity contribution in [2.75, 3.05) is 0 Å². The second kappa shape index (κ2) is 4.34. The zero-order valence-electron chi connectivity index (χ0n) is 11.8. The molecule has 1 fully saturated rings. The van der Waals surface area contributed by atoms with Crippen LogP contribution in [0.15, 0.2) is 18.2 Å². The van der Waals surface area contributed by atoms with Crippen LogP contribution in [-0.4, -0.2) is 5.11 Å². The van der Waals surface area contributed by atoms with Gasteiger partial charge in [-0.1, -0.05) is 32.9 Å². The molecule has 0 radical (unpaired) electrons. The molecule has 0 spiro atoms. The van der Waals surface area contributed by atoms with Crippen LogP contribution >= 0.6 is 0 Å². The maximum atomic E-state index is 13.7. The van der Waals surface area contributed by atoms with Crippen LogP contribution in [0.25, 0.3) is 0 Å². The van der Waals surface area contributed by atoms with Gasteiger partial charge in [-0.15, -0.1) is 0 Å². The molecule has 2 heteroatoms. The summed E-state index contributed by atoms with van der Waals surface area (Å²) in [5, 5.41) is 10.9. The van der Waals surface area contributed by atoms with Crippen molar-refractivity contribution in [3.8, 4) is 0 Å². The second-order valence-electron chi connectivity index (χ2n) is 6.85. The van der Waals surface area contributed by atoms with Crippen molar-refractivity contribution in [3.05, 3.63) is 35.1 Å². The van der Waals surface area contributed by atoms with Gasteiger partial charge in [0, 0.05) is 0 Å². The minimum atomic E-state index is -0.879. The van der Waals surface area contributed by atoms with E-state index in [4.69, 9.17) is 0 Å². The van der Waals surface area contributed by atoms with E-state index in [1.165, 1.54) is 6.07 Å². The standard InChI is InChI=1S/C16H23FO/c1-11-8-15(3,4)10-16(18,9-11)13-6-5-12(2)14(17)7-13/h5-7,11,18H,8-10H2,1-4H3. The summed E-state index contributed by atoms with van der Waals surface area (Å²) in [5.41, 5.74) is 0.583. The van der Waals surface area contributed by atoms with Crippen LogP contribution in [0.3, 0.4) is 0 Å². The molecular weight excluding hydrogens is 227 g/mol. The van der Waals surface area contributed by atoms with Crippen LogP contribution in [0, 0.1) is 24.1 Å². The molecule has 0 amide bonds. The van der Waals surface area contributed by atoms with Gasteiger partial charge in [-0.25, -0.2) is 4.39 Å². The van der Waals surface area contributed by atoms with Crippen LogP contribution in [0.5, 0.6) is 0 Å². The molecule has 0 saturated heterocycles. The topological polar surface area (TPSA) is 20.2 Å². The Kier molecular flexibility index (Phi) is 3.26. The maximum absolute atomic E-state index is 13.7. The summed E-state index contributed by atoms with van der Waals surface area (Å²) < 4.78 is 13.7. The first-order valence-electron chi connectivity index (χ1n) is 6.71. The first kappa shape index (κ1) is 13.5. The van der Waals surface area contributed by atoms with E-state index in [0.717, 1.165) is 18.4 Å². The molecule has 0 bridgehead atoms. The van der Waals surface area contributed by atoms with E-state index >= 15 is 0 Å². The molecule has 1 aromatic rings. The fraction of sp³-hybridized carbons (Fsp3) is 0.625. The van der Waals surface area contributed by atoms with E-state index in [9.17, 15) is 9.50 Å². The number of hydrogen-bond acceptors (Lipinski definition) is 1. The van der Waals surface area contributed by atoms with Crippen LogP contribution in [0.1, 0.15) is 51.2 Å². The van der Waals surface area contributed by atoms with Crippen LogP contribution < -0.4 is 0 Å². The molecule has 18 heavy (non-hydrogen) atoms. The predicted octanol–water partition coefficient (Wildman–Crippen LogP) is 4.17. The highest BCUT2D eigenvalue weighted by Gasteiger charge is 2.42. The van der Waals surface area contributed by atoms with Crippen molar-refractivity contribution in [1.29, 1.82) is 0 Å². The Morgan fingerprint density at radius 2 is 1.94 bits per heavy atom. The summed E-state index contributed by atoms with van der Waals surface area (Å²) >= 11 is 0. The zero-order chi connectivity index (χ0) is 13.6. The van der Waals surface area contributed by atoms with Gasteiger partial charge in [-0.05, 0) is 54.7 Å². The van der Waals surface area contributed by atoms with E-state index in [1.807, 2.05) is 6.07 Å². The van der Waals surface area contributed by atoms with Crippen molar-refractivity contribution in [3.63, 3.8) is 0 Å². The molecule has 1 N–H and O–H groups in total. The van der Waals surface area contributed by atoms with Gasteiger partial charge in [-0.2, -0.15) is 0 Å². The maximum Gasteiger partial charge on any atom is 0.126 e. The number of halogens is 1. The number of aryl methyl sites for hydroxylation is 1. The third-order valence-corrected chi connectivity index (χ3v) is 4.07. The fourth-order valence-electron chi connectivity index (χ4n) is 3.63. The monoisotopic (exact) mass is 250 g/mol. The molecule has 0 aliphatic heterocycles. The van der Waals surface area contributed by atoms with Crippen LogP contribution in [0.4, 0.5) is 4.39 Å². The van der Waals surface area contributed by atoms with Crippen molar-refractivity contribution in [1.82, 2.24) is 0 Å². The van der Waals surface area contributed by atoms with Crippen molar-refractivity contribution in [2.24, 2.45) is 11.3 Å². The molecule has 1 nitrogen and oxygen atoms in total. The average Bonchev–Trinajstić information content (AvgIpc) is 2.18. The summed E-state index contributed by atoms with van der Waals surface area (Å²) in [7, 11) is 0. The fourth-order valence-corrected chi connectivity index (χ4v) is 3.63. The molecule has 100 valence electrons. The van der Waals surface area contributed by atoms with Gasteiger partial charge in [-0.3, -0.25) is 0 Å². The van der Waals surface area contributed by atoms with Crippen molar-refractivity contribution in [2.45, 2.75) is 52.6 Å². The van der Waals surface area contributed by atoms with E-state index in [0.29, 0.717) is 17.9 Å². The minimum absolute atomic E-state index is 0.105. The lowest BCUT2D eigenvalue weighted by Crippen LogP contribution is -2.40. The summed E-state index contributed by atoms with van der Waals surface area (Å²) in [5.74, 6) is 0.236. The highest BCUT2D eigenvalue weighted by molar-refractivity contribution is 5.29. The van der Waals surface area contributed by atoms with E-state index in [2.05, 4.69) is 20.8 Å². The third-order valence-electron chi connectivity index (χ3n) is 4.07. The Morgan fingerprint density at radius 3 is 2.50 bits per heavy atom. The number of hydrogen-bond donors (Lipinski definition) is 1. The van der Waals surface area contributed by atoms with Gasteiger partial charge < -0.3 is 5.11 Å². The smallest absolute Gasteiger partial charge is 0.126 e. The third kappa shape index (κ3) is 2.59. The Bertz CT molecular complexity index is 452. The van der Waals surface area contributed by atoms with Crippen molar-refractivity contribution >= 4 is 0 Å². The van der Waals surface area contributed by atoms with Gasteiger partial charge in [0.15, 0.2) is 0 Å². The average molecular weight is 250 g/mol. The summed E-state index contributed by atoms with van der Waals surface area (Å²) in [6, 6.07) is 5.13. The minimum Gasteiger partial charge on any atom is -0.385 e.